The van der Waals surface area contributed by atoms with Crippen LogP contribution in [0.5, 0.6) is 0 Å². The Bertz CT molecular complexity index is 1400. The maximum absolute atomic E-state index is 4.91. The number of hydrogen-bond acceptors (Lipinski definition) is 5. The van der Waals surface area contributed by atoms with E-state index in [9.17, 15) is 0 Å². The summed E-state index contributed by atoms with van der Waals surface area (Å²) in [6.45, 7) is 1.86. The number of benzene rings is 1. The third-order valence-electron chi connectivity index (χ3n) is 5.55. The molecule has 7 heteroatoms. The molecule has 146 valence electrons. The molecule has 1 aliphatic heterocycles. The van der Waals surface area contributed by atoms with Crippen LogP contribution in [-0.4, -0.2) is 43.2 Å². The number of para-hydroxylation sites is 1. The normalized spacial score (nSPS) is 14.3. The largest absolute Gasteiger partial charge is 0.337 e. The highest BCUT2D eigenvalue weighted by Gasteiger charge is 2.17. The van der Waals surface area contributed by atoms with Gasteiger partial charge in [0.25, 0.3) is 0 Å². The number of hydrogen-bond donors (Lipinski definition) is 3. The third kappa shape index (κ3) is 2.79. The van der Waals surface area contributed by atoms with Crippen LogP contribution in [0, 0.1) is 0 Å². The molecule has 6 rings (SSSR count). The molecule has 30 heavy (non-hydrogen) atoms. The van der Waals surface area contributed by atoms with E-state index in [0.29, 0.717) is 0 Å². The first-order valence-corrected chi connectivity index (χ1v) is 10.0. The summed E-state index contributed by atoms with van der Waals surface area (Å²) in [7, 11) is 0. The summed E-state index contributed by atoms with van der Waals surface area (Å²) in [4.78, 5) is 17.2. The van der Waals surface area contributed by atoms with Crippen molar-refractivity contribution in [1.82, 2.24) is 35.5 Å². The van der Waals surface area contributed by atoms with E-state index >= 15 is 0 Å². The lowest BCUT2D eigenvalue weighted by molar-refractivity contribution is 0.737. The fraction of sp³-hybridized carbons (Fsp3) is 0.130. The van der Waals surface area contributed by atoms with E-state index in [1.807, 2.05) is 36.7 Å². The maximum Gasteiger partial charge on any atom is 0.159 e. The summed E-state index contributed by atoms with van der Waals surface area (Å²) >= 11 is 0. The molecule has 0 radical (unpaired) electrons. The molecule has 0 saturated carbocycles. The molecule has 5 aromatic rings. The summed E-state index contributed by atoms with van der Waals surface area (Å²) in [5.41, 5.74) is 7.94. The zero-order valence-electron chi connectivity index (χ0n) is 16.2. The van der Waals surface area contributed by atoms with Crippen LogP contribution in [0.3, 0.4) is 0 Å². The smallest absolute Gasteiger partial charge is 0.159 e. The number of H-pyrrole nitrogens is 2. The summed E-state index contributed by atoms with van der Waals surface area (Å²) in [5.74, 6) is 0.740. The molecule has 0 amide bonds. The number of imidazole rings is 1. The van der Waals surface area contributed by atoms with Gasteiger partial charge in [-0.1, -0.05) is 24.3 Å². The number of nitrogens with one attached hydrogen (secondary N) is 3. The summed E-state index contributed by atoms with van der Waals surface area (Å²) in [6, 6.07) is 12.2. The minimum Gasteiger partial charge on any atom is -0.337 e. The summed E-state index contributed by atoms with van der Waals surface area (Å²) in [5, 5.41) is 12.0. The maximum atomic E-state index is 4.91. The van der Waals surface area contributed by atoms with Crippen molar-refractivity contribution < 1.29 is 0 Å². The van der Waals surface area contributed by atoms with Gasteiger partial charge >= 0.3 is 0 Å². The van der Waals surface area contributed by atoms with Gasteiger partial charge in [0, 0.05) is 35.5 Å². The third-order valence-corrected chi connectivity index (χ3v) is 5.55. The average molecular weight is 393 g/mol. The van der Waals surface area contributed by atoms with Crippen molar-refractivity contribution >= 4 is 27.5 Å². The Hall–Kier alpha value is -3.84. The van der Waals surface area contributed by atoms with Gasteiger partial charge in [-0.3, -0.25) is 15.1 Å². The Balaban J connectivity index is 1.50. The van der Waals surface area contributed by atoms with Crippen molar-refractivity contribution in [2.24, 2.45) is 0 Å². The van der Waals surface area contributed by atoms with E-state index < -0.39 is 0 Å². The molecule has 0 spiro atoms. The number of nitrogens with zero attached hydrogens (tertiary/aromatic N) is 4. The molecule has 4 aromatic heterocycles. The summed E-state index contributed by atoms with van der Waals surface area (Å²) in [6.07, 6.45) is 8.67. The van der Waals surface area contributed by atoms with Crippen LogP contribution in [-0.2, 0) is 0 Å². The second-order valence-corrected chi connectivity index (χ2v) is 7.40. The van der Waals surface area contributed by atoms with E-state index in [1.54, 1.807) is 6.20 Å². The Morgan fingerprint density at radius 2 is 2.00 bits per heavy atom. The molecule has 0 fully saturated rings. The highest BCUT2D eigenvalue weighted by molar-refractivity contribution is 5.97. The van der Waals surface area contributed by atoms with E-state index in [4.69, 9.17) is 4.98 Å². The minimum absolute atomic E-state index is 0.740. The van der Waals surface area contributed by atoms with Crippen LogP contribution in [0.25, 0.3) is 50.2 Å². The van der Waals surface area contributed by atoms with E-state index in [1.165, 1.54) is 5.57 Å². The monoisotopic (exact) mass is 393 g/mol. The predicted octanol–water partition coefficient (Wildman–Crippen LogP) is 3.94. The van der Waals surface area contributed by atoms with Crippen LogP contribution in [0.2, 0.25) is 0 Å². The Kier molecular flexibility index (Phi) is 3.92. The van der Waals surface area contributed by atoms with Gasteiger partial charge in [0.1, 0.15) is 5.69 Å². The molecule has 0 saturated heterocycles. The number of pyridine rings is 2. The molecule has 7 nitrogen and oxygen atoms in total. The quantitative estimate of drug-likeness (QED) is 0.432. The second-order valence-electron chi connectivity index (χ2n) is 7.40. The van der Waals surface area contributed by atoms with Gasteiger partial charge in [0.2, 0.25) is 0 Å². The number of aromatic nitrogens is 6. The lowest BCUT2D eigenvalue weighted by atomic mass is 10.0. The van der Waals surface area contributed by atoms with E-state index in [2.05, 4.69) is 48.7 Å². The topological polar surface area (TPSA) is 95.2 Å². The molecular weight excluding hydrogens is 374 g/mol. The fourth-order valence-electron chi connectivity index (χ4n) is 4.03. The van der Waals surface area contributed by atoms with Crippen molar-refractivity contribution in [3.63, 3.8) is 0 Å². The van der Waals surface area contributed by atoms with E-state index in [-0.39, 0.29) is 0 Å². The molecule has 3 N–H and O–H groups in total. The van der Waals surface area contributed by atoms with Gasteiger partial charge in [-0.05, 0) is 36.7 Å². The Morgan fingerprint density at radius 1 is 1.00 bits per heavy atom. The molecule has 5 heterocycles. The summed E-state index contributed by atoms with van der Waals surface area (Å²) < 4.78 is 0. The average Bonchev–Trinajstić information content (AvgIpc) is 3.43. The highest BCUT2D eigenvalue weighted by Crippen LogP contribution is 2.32. The van der Waals surface area contributed by atoms with Gasteiger partial charge in [0.15, 0.2) is 5.82 Å². The predicted molar refractivity (Wildman–Crippen MR) is 118 cm³/mol. The van der Waals surface area contributed by atoms with Crippen molar-refractivity contribution in [3.8, 4) is 22.6 Å². The lowest BCUT2D eigenvalue weighted by Gasteiger charge is -2.13. The van der Waals surface area contributed by atoms with Crippen LogP contribution in [0.15, 0.2) is 61.1 Å². The minimum atomic E-state index is 0.740. The molecule has 0 bridgehead atoms. The Labute approximate surface area is 172 Å². The molecule has 1 aliphatic rings. The number of fused-ring (bicyclic) bond motifs is 2. The van der Waals surface area contributed by atoms with Gasteiger partial charge in [-0.2, -0.15) is 5.10 Å². The van der Waals surface area contributed by atoms with Crippen molar-refractivity contribution in [2.45, 2.75) is 6.42 Å². The van der Waals surface area contributed by atoms with E-state index in [0.717, 1.165) is 69.8 Å². The first-order valence-electron chi connectivity index (χ1n) is 10.0. The van der Waals surface area contributed by atoms with Crippen LogP contribution >= 0.6 is 0 Å². The highest BCUT2D eigenvalue weighted by atomic mass is 15.1. The van der Waals surface area contributed by atoms with Crippen molar-refractivity contribution in [3.05, 3.63) is 66.8 Å². The number of rotatable bonds is 3. The molecule has 0 unspecified atom stereocenters. The zero-order valence-corrected chi connectivity index (χ0v) is 16.2. The van der Waals surface area contributed by atoms with Gasteiger partial charge in [0.05, 0.1) is 28.4 Å². The van der Waals surface area contributed by atoms with Crippen LogP contribution in [0.1, 0.15) is 12.1 Å². The van der Waals surface area contributed by atoms with Crippen molar-refractivity contribution in [2.75, 3.05) is 13.1 Å². The molecule has 0 atom stereocenters. The lowest BCUT2D eigenvalue weighted by Crippen LogP contribution is -2.20. The van der Waals surface area contributed by atoms with Crippen LogP contribution in [0.4, 0.5) is 0 Å². The van der Waals surface area contributed by atoms with Gasteiger partial charge in [-0.15, -0.1) is 0 Å². The van der Waals surface area contributed by atoms with Gasteiger partial charge in [-0.25, -0.2) is 4.98 Å². The van der Waals surface area contributed by atoms with Crippen LogP contribution < -0.4 is 5.32 Å². The molecular formula is C23H19N7. The SMILES string of the molecule is C1=C(c2cc3c(-c4nc5c(-c6cccnc6)cccc5[nH]4)n[nH]c3cn2)CCNC1. The molecule has 0 aliphatic carbocycles. The Morgan fingerprint density at radius 3 is 2.87 bits per heavy atom. The second kappa shape index (κ2) is 6.89. The van der Waals surface area contributed by atoms with Gasteiger partial charge < -0.3 is 10.3 Å². The fourth-order valence-corrected chi connectivity index (χ4v) is 4.03. The zero-order chi connectivity index (χ0) is 19.9. The molecule has 1 aromatic carbocycles. The standard InChI is InChI=1S/C23H19N7/c1-4-16(15-3-2-8-25-12-15)21-18(5-1)27-23(28-21)22-17-11-19(14-6-9-24-10-7-14)26-13-20(17)29-30-22/h1-6,8,11-13,24H,7,9-10H2,(H,27,28)(H,29,30). The van der Waals surface area contributed by atoms with Crippen molar-refractivity contribution in [1.29, 1.82) is 0 Å². The first-order chi connectivity index (χ1) is 14.9. The number of aromatic amines is 2. The first kappa shape index (κ1) is 17.1.